The Labute approximate surface area is 662 Å². The van der Waals surface area contributed by atoms with Crippen LogP contribution in [0.3, 0.4) is 0 Å². The van der Waals surface area contributed by atoms with Crippen molar-refractivity contribution in [2.24, 2.45) is 23.1 Å². The molecule has 1 atom stereocenters. The largest absolute Gasteiger partial charge is 1.00 e. The van der Waals surface area contributed by atoms with Crippen LogP contribution in [-0.2, 0) is 76.8 Å². The van der Waals surface area contributed by atoms with E-state index in [1.54, 1.807) is 88.5 Å². The normalized spacial score (nSPS) is 9.95. The molecule has 0 spiro atoms. The molecule has 0 saturated heterocycles. The van der Waals surface area contributed by atoms with Crippen molar-refractivity contribution in [2.45, 2.75) is 99.7 Å². The minimum Gasteiger partial charge on any atom is -1.00 e. The fourth-order valence-electron chi connectivity index (χ4n) is 8.01. The fourth-order valence-corrected chi connectivity index (χ4v) is 8.76. The molecule has 0 aliphatic heterocycles. The number of carbonyl (C=O) groups excluding carboxylic acids is 8. The van der Waals surface area contributed by atoms with Gasteiger partial charge in [-0.2, -0.15) is 0 Å². The number of esters is 6. The van der Waals surface area contributed by atoms with Crippen LogP contribution in [0.4, 0.5) is 11.9 Å². The molecule has 578 valence electrons. The Bertz CT molecular complexity index is 3870. The van der Waals surface area contributed by atoms with E-state index < -0.39 is 41.0 Å². The summed E-state index contributed by atoms with van der Waals surface area (Å²) in [6.07, 6.45) is 3.22. The van der Waals surface area contributed by atoms with Gasteiger partial charge in [-0.25, -0.2) is 34.1 Å². The number of alkyl halides is 1. The Balaban J connectivity index is -0.000000388. The van der Waals surface area contributed by atoms with Gasteiger partial charge in [0, 0.05) is 40.6 Å². The van der Waals surface area contributed by atoms with Gasteiger partial charge >= 0.3 is 70.6 Å². The zero-order chi connectivity index (χ0) is 79.3. The van der Waals surface area contributed by atoms with Crippen molar-refractivity contribution in [3.8, 4) is 23.0 Å². The van der Waals surface area contributed by atoms with E-state index >= 15 is 0 Å². The summed E-state index contributed by atoms with van der Waals surface area (Å²) in [5.41, 5.74) is 32.3. The summed E-state index contributed by atoms with van der Waals surface area (Å²) in [7, 11) is 11.3. The molecule has 0 aliphatic carbocycles. The van der Waals surface area contributed by atoms with Gasteiger partial charge < -0.3 is 77.5 Å². The maximum atomic E-state index is 12.0. The number of unbranched alkanes of at least 4 members (excludes halogenated alkanes) is 1. The minimum atomic E-state index is -3.22. The van der Waals surface area contributed by atoms with Gasteiger partial charge in [-0.3, -0.25) is 38.9 Å². The number of aromatic nitrogens is 4. The van der Waals surface area contributed by atoms with Crippen LogP contribution in [0.2, 0.25) is 5.15 Å². The number of methoxy groups -OCH3 is 8. The summed E-state index contributed by atoms with van der Waals surface area (Å²) < 4.78 is 58.5. The number of H-pyrrole nitrogens is 1. The molecule has 4 aromatic carbocycles. The number of aromatic amines is 1. The number of nitrogen functional groups attached to an aromatic ring is 2. The first kappa shape index (κ1) is 103. The number of nitrogens with two attached hydrogens (primary N) is 5. The number of nitrogens with zero attached hydrogens (tertiary/aromatic N) is 3. The zero-order valence-corrected chi connectivity index (χ0v) is 68.3. The molecule has 0 aliphatic rings. The van der Waals surface area contributed by atoms with Crippen LogP contribution in [-0.4, -0.2) is 150 Å². The molecule has 6 aromatic rings. The Morgan fingerprint density at radius 2 is 0.962 bits per heavy atom. The van der Waals surface area contributed by atoms with Gasteiger partial charge in [0.05, 0.1) is 98.0 Å². The third kappa shape index (κ3) is 42.0. The van der Waals surface area contributed by atoms with Crippen molar-refractivity contribution >= 4 is 132 Å². The smallest absolute Gasteiger partial charge is 1.00 e. The number of ether oxygens (including phenoxy) is 10. The molecule has 0 fully saturated rings. The van der Waals surface area contributed by atoms with Crippen LogP contribution < -0.4 is 82.7 Å². The summed E-state index contributed by atoms with van der Waals surface area (Å²) in [6, 6.07) is 19.9. The number of aryl methyl sites for hydroxylation is 2. The van der Waals surface area contributed by atoms with E-state index in [1.165, 1.54) is 82.5 Å². The van der Waals surface area contributed by atoms with E-state index in [0.29, 0.717) is 97.7 Å². The van der Waals surface area contributed by atoms with Gasteiger partial charge in [-0.15, -0.1) is 0 Å². The van der Waals surface area contributed by atoms with Gasteiger partial charge in [0.1, 0.15) is 52.1 Å². The first-order valence-corrected chi connectivity index (χ1v) is 36.3. The molecule has 1 unspecified atom stereocenters. The van der Waals surface area contributed by atoms with E-state index in [2.05, 4.69) is 107 Å². The molecule has 37 heteroatoms. The van der Waals surface area contributed by atoms with E-state index in [9.17, 15) is 47.7 Å². The number of hydrogen-bond acceptors (Lipinski definition) is 27. The monoisotopic (exact) mass is 1640 g/mol. The second kappa shape index (κ2) is 56.3. The number of Topliss-reactive ketones (excluding diaryl/α,β-unsaturated/α-hetero) is 2. The summed E-state index contributed by atoms with van der Waals surface area (Å²) in [5.74, 6) is -2.00. The van der Waals surface area contributed by atoms with Crippen LogP contribution in [0.15, 0.2) is 77.6 Å². The molecule has 2 heterocycles. The number of carbonyl (C=O) groups is 8. The molecule has 6 rings (SSSR count). The molecular formula is C68H95BrCl4N10NaO20P. The SMILES string of the molecule is C.CCCCN.CCOC(=O)C(Cc1ccc(C(=O)OC)cc1OC)C(C)=O.CCOC(=O)CC(C)=O.COC(=O)c1ccc(CBr)c(OC)c1.COC(=O)c1ccc(Cc2c(C)nc(N)[nH]c2=O)c(OC)c1.COC(=O)c1ccc(Cc2c(C)nc(N)nc2Cl)c(OC)c1.N=C(N)N.O=P(Cl)(Cl)Cl.[H-].[Na+]. The second-order valence-corrected chi connectivity index (χ2v) is 27.9. The molecule has 105 heavy (non-hydrogen) atoms. The second-order valence-electron chi connectivity index (χ2n) is 20.3. The standard InChI is InChI=1S/C16H20O6.C15H16ClN3O3.C15H17N3O4.C10H11BrO3.C6H10O3.C4H11N.CH5N3.CH4.Cl3OP.Na.H/c1-5-22-16(19)13(10(2)17)8-11-6-7-12(15(18)21-4)9-14(11)20-3;1-8-11(13(16)19-15(17)18-8)6-9-4-5-10(14(20)22-3)7-12(9)21-2;1-8-11(13(19)18-15(16)17-8)6-9-4-5-10(14(20)22-3)7-12(9)21-2;1-13-9-5-7(10(12)14-2)3-4-8(9)6-11;1-3-9-6(8)4-5(2)7;1-2-3-4-5;2-1(3)4;;1-5(2,3)4;;/h6-7,9,13H,5,8H2,1-4H3;4-5,7H,6H2,1-3H3,(H2,17,18,19);4-5,7H,6H2,1-3H3,(H3,16,17,18,19);3-5H,6H2,1-2H3;3-4H2,1-2H3;2-5H2,1H3;(H5,2,3,4);1H4;;;/q;;;;;;;;;+1;-1. The van der Waals surface area contributed by atoms with E-state index in [0.717, 1.165) is 28.8 Å². The van der Waals surface area contributed by atoms with Crippen LogP contribution in [0.25, 0.3) is 0 Å². The van der Waals surface area contributed by atoms with Gasteiger partial charge in [-0.1, -0.05) is 72.6 Å². The molecule has 0 bridgehead atoms. The maximum Gasteiger partial charge on any atom is 1.00 e. The third-order valence-electron chi connectivity index (χ3n) is 12.9. The zero-order valence-electron chi connectivity index (χ0n) is 61.8. The van der Waals surface area contributed by atoms with Crippen LogP contribution in [0, 0.1) is 25.2 Å². The van der Waals surface area contributed by atoms with Crippen LogP contribution in [0.5, 0.6) is 23.0 Å². The molecule has 2 aromatic heterocycles. The van der Waals surface area contributed by atoms with Gasteiger partial charge in [0.25, 0.3) is 5.56 Å². The molecule has 0 radical (unpaired) electrons. The van der Waals surface area contributed by atoms with E-state index in [1.807, 2.05) is 13.0 Å². The molecular weight excluding hydrogens is 1550 g/mol. The number of nitrogens with one attached hydrogen (secondary N) is 2. The molecule has 0 amide bonds. The quantitative estimate of drug-likeness (QED) is 0.00365. The minimum absolute atomic E-state index is 0. The Kier molecular flexibility index (Phi) is 55.3. The van der Waals surface area contributed by atoms with Crippen molar-refractivity contribution in [3.63, 3.8) is 0 Å². The number of halogens is 5. The van der Waals surface area contributed by atoms with Crippen molar-refractivity contribution < 1.29 is 121 Å². The third-order valence-corrected chi connectivity index (χ3v) is 13.8. The Morgan fingerprint density at radius 3 is 1.27 bits per heavy atom. The van der Waals surface area contributed by atoms with Crippen molar-refractivity contribution in [1.82, 2.24) is 19.9 Å². The Hall–Kier alpha value is -8.10. The molecule has 12 N–H and O–H groups in total. The summed E-state index contributed by atoms with van der Waals surface area (Å²) >= 11 is 23.3. The predicted molar refractivity (Wildman–Crippen MR) is 405 cm³/mol. The summed E-state index contributed by atoms with van der Waals surface area (Å²) in [5, 5.41) is 3.83. The van der Waals surface area contributed by atoms with E-state index in [-0.39, 0.29) is 98.8 Å². The topological polar surface area (TPSA) is 471 Å². The average Bonchev–Trinajstić information content (AvgIpc) is 0.824. The summed E-state index contributed by atoms with van der Waals surface area (Å²) in [6.45, 7) is 13.1. The van der Waals surface area contributed by atoms with Crippen LogP contribution >= 0.6 is 66.5 Å². The fraction of sp³-hybridized carbons (Fsp3) is 0.397. The summed E-state index contributed by atoms with van der Waals surface area (Å²) in [4.78, 5) is 117. The van der Waals surface area contributed by atoms with E-state index in [4.69, 9.17) is 62.6 Å². The van der Waals surface area contributed by atoms with Crippen molar-refractivity contribution in [3.05, 3.63) is 155 Å². The van der Waals surface area contributed by atoms with Gasteiger partial charge in [-0.05, 0) is 160 Å². The number of rotatable bonds is 23. The maximum absolute atomic E-state index is 12.0. The number of benzene rings is 4. The van der Waals surface area contributed by atoms with Crippen molar-refractivity contribution in [1.29, 1.82) is 5.41 Å². The first-order valence-electron chi connectivity index (χ1n) is 30.4. The first-order chi connectivity index (χ1) is 48.4. The number of guanidine groups is 1. The van der Waals surface area contributed by atoms with Crippen LogP contribution in [0.1, 0.15) is 149 Å². The molecule has 30 nitrogen and oxygen atoms in total. The number of ketones is 2. The molecule has 0 saturated carbocycles. The number of anilines is 2. The number of hydrogen-bond donors (Lipinski definition) is 7. The van der Waals surface area contributed by atoms with Gasteiger partial charge in [0.2, 0.25) is 11.9 Å². The Morgan fingerprint density at radius 1 is 0.610 bits per heavy atom. The van der Waals surface area contributed by atoms with Gasteiger partial charge in [0.15, 0.2) is 5.96 Å². The predicted octanol–water partition coefficient (Wildman–Crippen LogP) is 8.30. The van der Waals surface area contributed by atoms with Crippen molar-refractivity contribution in [2.75, 3.05) is 88.1 Å². The average molecular weight is 1650 g/mol.